The zero-order valence-electron chi connectivity index (χ0n) is 21.7. The van der Waals surface area contributed by atoms with E-state index in [1.807, 2.05) is 0 Å². The van der Waals surface area contributed by atoms with Gasteiger partial charge in [0.25, 0.3) is 0 Å². The molecule has 0 unspecified atom stereocenters. The number of anilines is 2. The van der Waals surface area contributed by atoms with Crippen LogP contribution in [0.25, 0.3) is 22.1 Å². The first-order chi connectivity index (χ1) is 19.4. The predicted molar refractivity (Wildman–Crippen MR) is 141 cm³/mol. The predicted octanol–water partition coefficient (Wildman–Crippen LogP) is 1.56. The van der Waals surface area contributed by atoms with E-state index in [1.54, 1.807) is 12.1 Å². The second-order valence-corrected chi connectivity index (χ2v) is 11.1. The summed E-state index contributed by atoms with van der Waals surface area (Å²) >= 11 is 0. The van der Waals surface area contributed by atoms with Crippen LogP contribution in [0, 0.1) is 20.2 Å². The molecule has 0 saturated carbocycles. The molecule has 4 aromatic rings. The molecule has 2 aromatic heterocycles. The van der Waals surface area contributed by atoms with Gasteiger partial charge in [-0.3, -0.25) is 20.2 Å². The summed E-state index contributed by atoms with van der Waals surface area (Å²) < 4.78 is 11.9. The molecule has 208 valence electrons. The van der Waals surface area contributed by atoms with E-state index >= 15 is 0 Å². The Morgan fingerprint density at radius 3 is 1.27 bits per heavy atom. The van der Waals surface area contributed by atoms with E-state index in [0.717, 1.165) is 98.9 Å². The van der Waals surface area contributed by atoms with Crippen LogP contribution in [0.15, 0.2) is 33.5 Å². The fourth-order valence-corrected chi connectivity index (χ4v) is 6.71. The van der Waals surface area contributed by atoms with Crippen LogP contribution >= 0.6 is 0 Å². The normalized spacial score (nSPS) is 20.5. The van der Waals surface area contributed by atoms with E-state index in [1.165, 1.54) is 12.1 Å². The SMILES string of the molecule is O=[N+]([O-])c1ccc(N2CC[N+]3(CC2)CC[N+]2(CCN(c4ccc([N+](=O)[O-])c5nonc45)CC2)CC3)c2nonc12. The molecule has 16 heteroatoms. The van der Waals surface area contributed by atoms with Crippen molar-refractivity contribution in [3.63, 3.8) is 0 Å². The Hall–Kier alpha value is -4.44. The number of benzene rings is 2. The van der Waals surface area contributed by atoms with Crippen LogP contribution in [-0.4, -0.2) is 118 Å². The molecular weight excluding hydrogens is 524 g/mol. The Morgan fingerprint density at radius 2 is 0.925 bits per heavy atom. The number of piperazine rings is 3. The van der Waals surface area contributed by atoms with Crippen molar-refractivity contribution in [2.45, 2.75) is 0 Å². The monoisotopic (exact) mass is 552 g/mol. The maximum Gasteiger partial charge on any atom is 0.300 e. The average molecular weight is 553 g/mol. The Bertz CT molecular complexity index is 1490. The Labute approximate surface area is 226 Å². The molecule has 5 heterocycles. The van der Waals surface area contributed by atoms with Crippen LogP contribution in [0.3, 0.4) is 0 Å². The van der Waals surface area contributed by atoms with Gasteiger partial charge in [-0.15, -0.1) is 0 Å². The van der Waals surface area contributed by atoms with E-state index in [9.17, 15) is 20.2 Å². The topological polar surface area (TPSA) is 171 Å². The van der Waals surface area contributed by atoms with Crippen LogP contribution in [0.1, 0.15) is 0 Å². The summed E-state index contributed by atoms with van der Waals surface area (Å²) in [7, 11) is 0. The minimum Gasteiger partial charge on any atom is -0.358 e. The molecular formula is C24H28N10O6+2. The van der Waals surface area contributed by atoms with Crippen LogP contribution in [-0.2, 0) is 0 Å². The van der Waals surface area contributed by atoms with Gasteiger partial charge in [0.1, 0.15) is 26.2 Å². The van der Waals surface area contributed by atoms with Crippen LogP contribution in [0.5, 0.6) is 0 Å². The highest BCUT2D eigenvalue weighted by molar-refractivity contribution is 5.94. The molecule has 0 amide bonds. The largest absolute Gasteiger partial charge is 0.358 e. The maximum absolute atomic E-state index is 11.3. The molecule has 0 aliphatic carbocycles. The molecule has 0 atom stereocenters. The highest BCUT2D eigenvalue weighted by Gasteiger charge is 2.45. The van der Waals surface area contributed by atoms with Crippen molar-refractivity contribution in [2.75, 3.05) is 88.3 Å². The second-order valence-electron chi connectivity index (χ2n) is 11.1. The van der Waals surface area contributed by atoms with Gasteiger partial charge in [0, 0.05) is 12.1 Å². The Balaban J connectivity index is 0.989. The number of nitrogens with zero attached hydrogens (tertiary/aromatic N) is 10. The third-order valence-electron chi connectivity index (χ3n) is 9.29. The number of hydrogen-bond donors (Lipinski definition) is 0. The highest BCUT2D eigenvalue weighted by Crippen LogP contribution is 2.35. The fraction of sp³-hybridized carbons (Fsp3) is 0.500. The van der Waals surface area contributed by atoms with E-state index < -0.39 is 9.85 Å². The van der Waals surface area contributed by atoms with Gasteiger partial charge in [0.2, 0.25) is 11.0 Å². The van der Waals surface area contributed by atoms with Crippen molar-refractivity contribution >= 4 is 44.8 Å². The molecule has 40 heavy (non-hydrogen) atoms. The standard InChI is InChI=1S/C24H28N10O6/c35-31(36)19-3-1-17(21-23(19)27-39-25-21)29-5-9-33(10-6-29)13-15-34(16-14-33)11-7-30(8-12-34)18-2-4-20(32(37)38)24-22(18)26-40-28-24/h1-4H,5-16H2/q+2. The summed E-state index contributed by atoms with van der Waals surface area (Å²) in [5, 5.41) is 38.2. The maximum atomic E-state index is 11.3. The summed E-state index contributed by atoms with van der Waals surface area (Å²) in [6.45, 7) is 11.9. The third kappa shape index (κ3) is 3.90. The molecule has 0 bridgehead atoms. The number of nitro groups is 2. The third-order valence-corrected chi connectivity index (χ3v) is 9.29. The first-order valence-corrected chi connectivity index (χ1v) is 13.4. The van der Waals surface area contributed by atoms with Crippen molar-refractivity contribution in [3.05, 3.63) is 44.5 Å². The molecule has 7 rings (SSSR count). The Morgan fingerprint density at radius 1 is 0.575 bits per heavy atom. The molecule has 2 spiro atoms. The van der Waals surface area contributed by atoms with Crippen LogP contribution < -0.4 is 9.80 Å². The lowest BCUT2D eigenvalue weighted by molar-refractivity contribution is -1.03. The molecule has 3 fully saturated rings. The van der Waals surface area contributed by atoms with Crippen LogP contribution in [0.4, 0.5) is 22.7 Å². The number of hydrogen-bond acceptors (Lipinski definition) is 12. The van der Waals surface area contributed by atoms with E-state index in [2.05, 4.69) is 30.4 Å². The van der Waals surface area contributed by atoms with Crippen molar-refractivity contribution in [1.82, 2.24) is 20.6 Å². The summed E-state index contributed by atoms with van der Waals surface area (Å²) in [5.74, 6) is 0. The minimum absolute atomic E-state index is 0.0960. The molecule has 0 N–H and O–H groups in total. The lowest BCUT2D eigenvalue weighted by Gasteiger charge is -2.54. The zero-order valence-corrected chi connectivity index (χ0v) is 21.7. The van der Waals surface area contributed by atoms with E-state index in [4.69, 9.17) is 9.26 Å². The minimum atomic E-state index is -0.461. The van der Waals surface area contributed by atoms with E-state index in [0.29, 0.717) is 11.0 Å². The van der Waals surface area contributed by atoms with Gasteiger partial charge in [-0.1, -0.05) is 0 Å². The number of non-ortho nitro benzene ring substituents is 2. The number of fused-ring (bicyclic) bond motifs is 2. The van der Waals surface area contributed by atoms with Gasteiger partial charge in [0.05, 0.1) is 73.6 Å². The second kappa shape index (κ2) is 9.06. The van der Waals surface area contributed by atoms with Gasteiger partial charge in [-0.05, 0) is 32.8 Å². The van der Waals surface area contributed by atoms with Gasteiger partial charge >= 0.3 is 11.4 Å². The highest BCUT2D eigenvalue weighted by atomic mass is 16.6. The van der Waals surface area contributed by atoms with Gasteiger partial charge in [0.15, 0.2) is 11.0 Å². The van der Waals surface area contributed by atoms with Crippen molar-refractivity contribution in [2.24, 2.45) is 0 Å². The lowest BCUT2D eigenvalue weighted by atomic mass is 10.1. The summed E-state index contributed by atoms with van der Waals surface area (Å²) in [5.41, 5.74) is 2.73. The smallest absolute Gasteiger partial charge is 0.300 e. The van der Waals surface area contributed by atoms with Gasteiger partial charge in [-0.2, -0.15) is 0 Å². The summed E-state index contributed by atoms with van der Waals surface area (Å²) in [6, 6.07) is 6.47. The van der Waals surface area contributed by atoms with E-state index in [-0.39, 0.29) is 22.4 Å². The lowest BCUT2D eigenvalue weighted by Crippen LogP contribution is -2.73. The summed E-state index contributed by atoms with van der Waals surface area (Å²) in [4.78, 5) is 26.2. The number of nitro benzene ring substituents is 2. The van der Waals surface area contributed by atoms with Crippen molar-refractivity contribution in [1.29, 1.82) is 0 Å². The zero-order chi connectivity index (χ0) is 27.5. The summed E-state index contributed by atoms with van der Waals surface area (Å²) in [6.07, 6.45) is 0. The molecule has 3 aliphatic rings. The van der Waals surface area contributed by atoms with Crippen molar-refractivity contribution < 1.29 is 28.1 Å². The Kier molecular flexibility index (Phi) is 5.57. The molecule has 2 aromatic carbocycles. The first-order valence-electron chi connectivity index (χ1n) is 13.4. The first kappa shape index (κ1) is 24.6. The van der Waals surface area contributed by atoms with Crippen LogP contribution in [0.2, 0.25) is 0 Å². The molecule has 0 radical (unpaired) electrons. The van der Waals surface area contributed by atoms with Gasteiger partial charge in [-0.25, -0.2) is 9.26 Å². The van der Waals surface area contributed by atoms with Gasteiger partial charge < -0.3 is 18.8 Å². The number of aromatic nitrogens is 4. The molecule has 16 nitrogen and oxygen atoms in total. The molecule has 3 aliphatic heterocycles. The average Bonchev–Trinajstić information content (AvgIpc) is 3.66. The number of quaternary nitrogens is 2. The van der Waals surface area contributed by atoms with Crippen molar-refractivity contribution in [3.8, 4) is 0 Å². The fourth-order valence-electron chi connectivity index (χ4n) is 6.71. The molecule has 3 saturated heterocycles. The number of rotatable bonds is 4. The quantitative estimate of drug-likeness (QED) is 0.204.